The summed E-state index contributed by atoms with van der Waals surface area (Å²) in [7, 11) is 0.955. The van der Waals surface area contributed by atoms with Crippen LogP contribution >= 0.6 is 10.7 Å². The van der Waals surface area contributed by atoms with E-state index < -0.39 is 25.2 Å². The predicted octanol–water partition coefficient (Wildman–Crippen LogP) is 0.707. The standard InChI is InChI=1S/C12H11ClN2O4S/c13-20(18,19)10-8-15(12(17)14-11(10)16)7-6-9-4-2-1-3-5-9/h1-5,8H,6-7H2,(H,14,16,17). The Hall–Kier alpha value is -1.86. The van der Waals surface area contributed by atoms with Crippen LogP contribution in [0.5, 0.6) is 0 Å². The van der Waals surface area contributed by atoms with Crippen LogP contribution in [0, 0.1) is 0 Å². The van der Waals surface area contributed by atoms with Crippen molar-refractivity contribution in [1.29, 1.82) is 0 Å². The zero-order chi connectivity index (χ0) is 14.8. The monoisotopic (exact) mass is 314 g/mol. The summed E-state index contributed by atoms with van der Waals surface area (Å²) in [5.74, 6) is 0. The highest BCUT2D eigenvalue weighted by Crippen LogP contribution is 2.08. The van der Waals surface area contributed by atoms with E-state index in [2.05, 4.69) is 0 Å². The van der Waals surface area contributed by atoms with Crippen molar-refractivity contribution in [1.82, 2.24) is 9.55 Å². The van der Waals surface area contributed by atoms with Gasteiger partial charge in [0.2, 0.25) is 0 Å². The largest absolute Gasteiger partial charge is 0.328 e. The number of benzene rings is 1. The van der Waals surface area contributed by atoms with Gasteiger partial charge in [0.15, 0.2) is 4.90 Å². The van der Waals surface area contributed by atoms with Crippen LogP contribution in [0.2, 0.25) is 0 Å². The van der Waals surface area contributed by atoms with Gasteiger partial charge in [0.25, 0.3) is 14.6 Å². The first-order valence-electron chi connectivity index (χ1n) is 5.70. The van der Waals surface area contributed by atoms with Gasteiger partial charge in [-0.25, -0.2) is 13.2 Å². The molecule has 0 unspecified atom stereocenters. The average Bonchev–Trinajstić information content (AvgIpc) is 2.37. The minimum Gasteiger partial charge on any atom is -0.299 e. The fourth-order valence-corrected chi connectivity index (χ4v) is 2.58. The zero-order valence-corrected chi connectivity index (χ0v) is 11.8. The van der Waals surface area contributed by atoms with Gasteiger partial charge in [-0.05, 0) is 12.0 Å². The Morgan fingerprint density at radius 1 is 1.15 bits per heavy atom. The number of aromatic nitrogens is 2. The molecule has 1 aromatic heterocycles. The van der Waals surface area contributed by atoms with Crippen molar-refractivity contribution in [2.24, 2.45) is 0 Å². The molecular formula is C12H11ClN2O4S. The molecule has 0 spiro atoms. The predicted molar refractivity (Wildman–Crippen MR) is 74.5 cm³/mol. The average molecular weight is 315 g/mol. The molecule has 0 saturated carbocycles. The summed E-state index contributed by atoms with van der Waals surface area (Å²) < 4.78 is 23.6. The number of halogens is 1. The van der Waals surface area contributed by atoms with Crippen LogP contribution in [0.25, 0.3) is 0 Å². The number of nitrogens with one attached hydrogen (secondary N) is 1. The third-order valence-corrected chi connectivity index (χ3v) is 4.04. The fraction of sp³-hybridized carbons (Fsp3) is 0.167. The number of hydrogen-bond donors (Lipinski definition) is 1. The second-order valence-corrected chi connectivity index (χ2v) is 6.65. The van der Waals surface area contributed by atoms with Gasteiger partial charge in [-0.3, -0.25) is 14.3 Å². The van der Waals surface area contributed by atoms with Gasteiger partial charge in [0, 0.05) is 23.4 Å². The summed E-state index contributed by atoms with van der Waals surface area (Å²) in [6.07, 6.45) is 1.49. The first-order chi connectivity index (χ1) is 9.38. The van der Waals surface area contributed by atoms with Gasteiger partial charge in [-0.1, -0.05) is 30.3 Å². The summed E-state index contributed by atoms with van der Waals surface area (Å²) in [5.41, 5.74) is -0.697. The van der Waals surface area contributed by atoms with Gasteiger partial charge in [0.1, 0.15) is 0 Å². The number of rotatable bonds is 4. The highest BCUT2D eigenvalue weighted by molar-refractivity contribution is 8.13. The molecular weight excluding hydrogens is 304 g/mol. The highest BCUT2D eigenvalue weighted by atomic mass is 35.7. The van der Waals surface area contributed by atoms with Crippen LogP contribution in [0.3, 0.4) is 0 Å². The Morgan fingerprint density at radius 2 is 1.80 bits per heavy atom. The van der Waals surface area contributed by atoms with E-state index in [1.165, 1.54) is 0 Å². The first-order valence-corrected chi connectivity index (χ1v) is 8.01. The lowest BCUT2D eigenvalue weighted by atomic mass is 10.1. The molecule has 0 aliphatic heterocycles. The number of H-pyrrole nitrogens is 1. The molecule has 20 heavy (non-hydrogen) atoms. The number of hydrogen-bond acceptors (Lipinski definition) is 4. The summed E-state index contributed by atoms with van der Waals surface area (Å²) in [4.78, 5) is 24.3. The normalized spacial score (nSPS) is 11.4. The van der Waals surface area contributed by atoms with Crippen molar-refractivity contribution >= 4 is 19.7 Å². The van der Waals surface area contributed by atoms with E-state index in [9.17, 15) is 18.0 Å². The number of aryl methyl sites for hydroxylation is 2. The van der Waals surface area contributed by atoms with Gasteiger partial charge in [-0.2, -0.15) is 0 Å². The molecule has 0 radical (unpaired) electrons. The van der Waals surface area contributed by atoms with E-state index in [0.29, 0.717) is 6.42 Å². The van der Waals surface area contributed by atoms with Crippen molar-refractivity contribution in [3.05, 3.63) is 62.9 Å². The maximum Gasteiger partial charge on any atom is 0.328 e. The lowest BCUT2D eigenvalue weighted by molar-refractivity contribution is 0.596. The molecule has 0 atom stereocenters. The van der Waals surface area contributed by atoms with E-state index in [1.54, 1.807) is 0 Å². The molecule has 2 rings (SSSR count). The fourth-order valence-electron chi connectivity index (χ4n) is 1.72. The van der Waals surface area contributed by atoms with Crippen LogP contribution in [0.4, 0.5) is 0 Å². The quantitative estimate of drug-likeness (QED) is 0.842. The summed E-state index contributed by atoms with van der Waals surface area (Å²) >= 11 is 0. The zero-order valence-electron chi connectivity index (χ0n) is 10.2. The van der Waals surface area contributed by atoms with Gasteiger partial charge in [-0.15, -0.1) is 0 Å². The molecule has 106 valence electrons. The van der Waals surface area contributed by atoms with Crippen LogP contribution in [0.15, 0.2) is 51.0 Å². The van der Waals surface area contributed by atoms with Crippen molar-refractivity contribution in [2.45, 2.75) is 17.9 Å². The maximum absolute atomic E-state index is 11.6. The summed E-state index contributed by atoms with van der Waals surface area (Å²) in [5, 5.41) is 0. The molecule has 0 amide bonds. The minimum absolute atomic E-state index is 0.235. The van der Waals surface area contributed by atoms with Crippen LogP contribution in [0.1, 0.15) is 5.56 Å². The van der Waals surface area contributed by atoms with Crippen LogP contribution in [-0.4, -0.2) is 18.0 Å². The van der Waals surface area contributed by atoms with E-state index in [0.717, 1.165) is 16.3 Å². The molecule has 0 aliphatic rings. The molecule has 0 saturated heterocycles. The molecule has 0 fully saturated rings. The Bertz CT molecular complexity index is 825. The van der Waals surface area contributed by atoms with E-state index in [1.807, 2.05) is 35.3 Å². The molecule has 2 aromatic rings. The lowest BCUT2D eigenvalue weighted by Gasteiger charge is -2.06. The molecule has 0 aliphatic carbocycles. The van der Waals surface area contributed by atoms with Gasteiger partial charge in [0.05, 0.1) is 0 Å². The maximum atomic E-state index is 11.6. The highest BCUT2D eigenvalue weighted by Gasteiger charge is 2.17. The van der Waals surface area contributed by atoms with Crippen molar-refractivity contribution in [3.63, 3.8) is 0 Å². The summed E-state index contributed by atoms with van der Waals surface area (Å²) in [6.45, 7) is 0.235. The van der Waals surface area contributed by atoms with Gasteiger partial charge >= 0.3 is 5.69 Å². The second kappa shape index (κ2) is 5.64. The van der Waals surface area contributed by atoms with Crippen LogP contribution < -0.4 is 11.2 Å². The topological polar surface area (TPSA) is 89.0 Å². The molecule has 1 heterocycles. The molecule has 8 heteroatoms. The molecule has 1 aromatic carbocycles. The van der Waals surface area contributed by atoms with Crippen LogP contribution in [-0.2, 0) is 22.0 Å². The Kier molecular flexibility index (Phi) is 4.10. The molecule has 6 nitrogen and oxygen atoms in total. The van der Waals surface area contributed by atoms with E-state index >= 15 is 0 Å². The van der Waals surface area contributed by atoms with Crippen molar-refractivity contribution < 1.29 is 8.42 Å². The second-order valence-electron chi connectivity index (χ2n) is 4.12. The summed E-state index contributed by atoms with van der Waals surface area (Å²) in [6, 6.07) is 9.36. The Morgan fingerprint density at radius 3 is 2.40 bits per heavy atom. The van der Waals surface area contributed by atoms with E-state index in [-0.39, 0.29) is 6.54 Å². The van der Waals surface area contributed by atoms with Crippen molar-refractivity contribution in [2.75, 3.05) is 0 Å². The smallest absolute Gasteiger partial charge is 0.299 e. The number of aromatic amines is 1. The Labute approximate surface area is 119 Å². The first kappa shape index (κ1) is 14.5. The Balaban J connectivity index is 2.33. The minimum atomic E-state index is -4.19. The number of nitrogens with zero attached hydrogens (tertiary/aromatic N) is 1. The lowest BCUT2D eigenvalue weighted by Crippen LogP contribution is -2.32. The van der Waals surface area contributed by atoms with Gasteiger partial charge < -0.3 is 0 Å². The molecule has 1 N–H and O–H groups in total. The third-order valence-electron chi connectivity index (χ3n) is 2.73. The molecule has 0 bridgehead atoms. The van der Waals surface area contributed by atoms with E-state index in [4.69, 9.17) is 10.7 Å². The van der Waals surface area contributed by atoms with Crippen molar-refractivity contribution in [3.8, 4) is 0 Å². The SMILES string of the molecule is O=c1[nH]c(=O)n(CCc2ccccc2)cc1S(=O)(=O)Cl. The third kappa shape index (κ3) is 3.37.